The second-order valence-electron chi connectivity index (χ2n) is 4.99. The first-order valence-corrected chi connectivity index (χ1v) is 7.04. The minimum absolute atomic E-state index is 0.212. The van der Waals surface area contributed by atoms with Gasteiger partial charge < -0.3 is 19.7 Å². The third-order valence-corrected chi connectivity index (χ3v) is 3.18. The van der Waals surface area contributed by atoms with Crippen LogP contribution in [0.15, 0.2) is 30.5 Å². The highest BCUT2D eigenvalue weighted by molar-refractivity contribution is 5.94. The van der Waals surface area contributed by atoms with E-state index in [1.165, 1.54) is 7.11 Å². The summed E-state index contributed by atoms with van der Waals surface area (Å²) in [5, 5.41) is 2.83. The van der Waals surface area contributed by atoms with Gasteiger partial charge in [-0.15, -0.1) is 0 Å². The van der Waals surface area contributed by atoms with Crippen molar-refractivity contribution in [1.29, 1.82) is 0 Å². The van der Waals surface area contributed by atoms with Crippen LogP contribution in [0, 0.1) is 0 Å². The molecule has 0 aliphatic heterocycles. The normalized spacial score (nSPS) is 10.1. The Bertz CT molecular complexity index is 689. The van der Waals surface area contributed by atoms with Crippen LogP contribution >= 0.6 is 0 Å². The summed E-state index contributed by atoms with van der Waals surface area (Å²) in [5.41, 5.74) is 1.22. The lowest BCUT2D eigenvalue weighted by molar-refractivity contribution is 0.0950. The van der Waals surface area contributed by atoms with E-state index in [0.717, 1.165) is 5.69 Å². The Kier molecular flexibility index (Phi) is 5.35. The lowest BCUT2D eigenvalue weighted by atomic mass is 10.2. The summed E-state index contributed by atoms with van der Waals surface area (Å²) in [6.45, 7) is 0.316. The predicted molar refractivity (Wildman–Crippen MR) is 87.1 cm³/mol. The number of benzene rings is 1. The highest BCUT2D eigenvalue weighted by atomic mass is 16.5. The number of carbonyl (C=O) groups is 1. The summed E-state index contributed by atoms with van der Waals surface area (Å²) in [7, 11) is 6.81. The Hall–Kier alpha value is -2.83. The molecule has 0 spiro atoms. The van der Waals surface area contributed by atoms with Crippen molar-refractivity contribution in [3.63, 3.8) is 0 Å². The molecule has 1 aromatic heterocycles. The van der Waals surface area contributed by atoms with Gasteiger partial charge in [0, 0.05) is 25.9 Å². The molecular formula is C16H20N4O3. The van der Waals surface area contributed by atoms with Crippen molar-refractivity contribution in [2.24, 2.45) is 0 Å². The zero-order valence-corrected chi connectivity index (χ0v) is 13.7. The molecule has 1 N–H and O–H groups in total. The van der Waals surface area contributed by atoms with E-state index in [0.29, 0.717) is 29.6 Å². The molecule has 0 atom stereocenters. The fraction of sp³-hybridized carbons (Fsp3) is 0.312. The highest BCUT2D eigenvalue weighted by Crippen LogP contribution is 2.27. The molecular weight excluding hydrogens is 296 g/mol. The molecule has 2 aromatic rings. The second-order valence-corrected chi connectivity index (χ2v) is 4.99. The highest BCUT2D eigenvalue weighted by Gasteiger charge is 2.11. The van der Waals surface area contributed by atoms with E-state index in [2.05, 4.69) is 15.3 Å². The van der Waals surface area contributed by atoms with Crippen LogP contribution in [-0.4, -0.2) is 44.2 Å². The van der Waals surface area contributed by atoms with Gasteiger partial charge in [0.05, 0.1) is 26.5 Å². The molecule has 7 nitrogen and oxygen atoms in total. The number of nitrogens with one attached hydrogen (secondary N) is 1. The Morgan fingerprint density at radius 3 is 2.57 bits per heavy atom. The molecule has 1 aromatic carbocycles. The standard InChI is InChI=1S/C16H20N4O3/c1-20(2)16-17-8-7-12(19-16)10-18-15(21)11-5-6-13(22-3)14(9-11)23-4/h5-9H,10H2,1-4H3,(H,18,21). The molecule has 7 heteroatoms. The van der Waals surface area contributed by atoms with Crippen molar-refractivity contribution in [1.82, 2.24) is 15.3 Å². The SMILES string of the molecule is COc1ccc(C(=O)NCc2ccnc(N(C)C)n2)cc1OC. The van der Waals surface area contributed by atoms with Gasteiger partial charge in [0.25, 0.3) is 5.91 Å². The number of rotatable bonds is 6. The van der Waals surface area contributed by atoms with E-state index >= 15 is 0 Å². The number of anilines is 1. The van der Waals surface area contributed by atoms with Crippen molar-refractivity contribution in [3.05, 3.63) is 41.7 Å². The van der Waals surface area contributed by atoms with Crippen LogP contribution in [0.5, 0.6) is 11.5 Å². The van der Waals surface area contributed by atoms with Crippen LogP contribution in [0.1, 0.15) is 16.1 Å². The van der Waals surface area contributed by atoms with Gasteiger partial charge in [-0.3, -0.25) is 4.79 Å². The molecule has 0 unspecified atom stereocenters. The molecule has 23 heavy (non-hydrogen) atoms. The number of nitrogens with zero attached hydrogens (tertiary/aromatic N) is 3. The zero-order chi connectivity index (χ0) is 16.8. The maximum absolute atomic E-state index is 12.2. The fourth-order valence-corrected chi connectivity index (χ4v) is 1.95. The van der Waals surface area contributed by atoms with Gasteiger partial charge in [0.1, 0.15) is 0 Å². The van der Waals surface area contributed by atoms with Gasteiger partial charge in [-0.05, 0) is 24.3 Å². The van der Waals surface area contributed by atoms with Crippen LogP contribution in [0.2, 0.25) is 0 Å². The first-order valence-electron chi connectivity index (χ1n) is 7.04. The molecule has 0 aliphatic carbocycles. The third-order valence-electron chi connectivity index (χ3n) is 3.18. The quantitative estimate of drug-likeness (QED) is 0.870. The van der Waals surface area contributed by atoms with Crippen LogP contribution in [-0.2, 0) is 6.54 Å². The number of aromatic nitrogens is 2. The van der Waals surface area contributed by atoms with E-state index in [1.54, 1.807) is 42.5 Å². The number of carbonyl (C=O) groups excluding carboxylic acids is 1. The predicted octanol–water partition coefficient (Wildman–Crippen LogP) is 1.49. The Morgan fingerprint density at radius 2 is 1.91 bits per heavy atom. The summed E-state index contributed by atoms with van der Waals surface area (Å²) in [6, 6.07) is 6.78. The van der Waals surface area contributed by atoms with Gasteiger partial charge >= 0.3 is 0 Å². The molecule has 0 bridgehead atoms. The number of hydrogen-bond donors (Lipinski definition) is 1. The lowest BCUT2D eigenvalue weighted by Crippen LogP contribution is -2.24. The van der Waals surface area contributed by atoms with Crippen molar-refractivity contribution in [3.8, 4) is 11.5 Å². The summed E-state index contributed by atoms with van der Waals surface area (Å²) in [5.74, 6) is 1.48. The second kappa shape index (κ2) is 7.44. The monoisotopic (exact) mass is 316 g/mol. The summed E-state index contributed by atoms with van der Waals surface area (Å²) < 4.78 is 10.4. The zero-order valence-electron chi connectivity index (χ0n) is 13.7. The van der Waals surface area contributed by atoms with Crippen molar-refractivity contribution in [2.75, 3.05) is 33.2 Å². The molecule has 0 fully saturated rings. The number of ether oxygens (including phenoxy) is 2. The van der Waals surface area contributed by atoms with Crippen molar-refractivity contribution < 1.29 is 14.3 Å². The molecule has 122 valence electrons. The summed E-state index contributed by atoms with van der Waals surface area (Å²) in [6.07, 6.45) is 1.67. The smallest absolute Gasteiger partial charge is 0.251 e. The molecule has 2 rings (SSSR count). The third kappa shape index (κ3) is 4.09. The van der Waals surface area contributed by atoms with E-state index in [1.807, 2.05) is 14.1 Å². The Labute approximate surface area is 135 Å². The fourth-order valence-electron chi connectivity index (χ4n) is 1.95. The summed E-state index contributed by atoms with van der Waals surface area (Å²) in [4.78, 5) is 22.5. The first kappa shape index (κ1) is 16.5. The van der Waals surface area contributed by atoms with Gasteiger partial charge in [0.15, 0.2) is 11.5 Å². The van der Waals surface area contributed by atoms with E-state index in [-0.39, 0.29) is 5.91 Å². The van der Waals surface area contributed by atoms with Crippen molar-refractivity contribution >= 4 is 11.9 Å². The molecule has 0 radical (unpaired) electrons. The van der Waals surface area contributed by atoms with Crippen molar-refractivity contribution in [2.45, 2.75) is 6.54 Å². The van der Waals surface area contributed by atoms with Gasteiger partial charge in [-0.1, -0.05) is 0 Å². The first-order chi connectivity index (χ1) is 11.0. The Balaban J connectivity index is 2.06. The van der Waals surface area contributed by atoms with Gasteiger partial charge in [0.2, 0.25) is 5.95 Å². The van der Waals surface area contributed by atoms with Crippen LogP contribution in [0.3, 0.4) is 0 Å². The van der Waals surface area contributed by atoms with Crippen LogP contribution in [0.4, 0.5) is 5.95 Å². The molecule has 0 saturated heterocycles. The van der Waals surface area contributed by atoms with Gasteiger partial charge in [-0.2, -0.15) is 0 Å². The summed E-state index contributed by atoms with van der Waals surface area (Å²) >= 11 is 0. The molecule has 1 amide bonds. The maximum atomic E-state index is 12.2. The average Bonchev–Trinajstić information content (AvgIpc) is 2.59. The Morgan fingerprint density at radius 1 is 1.17 bits per heavy atom. The minimum Gasteiger partial charge on any atom is -0.493 e. The van der Waals surface area contributed by atoms with E-state index < -0.39 is 0 Å². The van der Waals surface area contributed by atoms with Gasteiger partial charge in [-0.25, -0.2) is 9.97 Å². The largest absolute Gasteiger partial charge is 0.493 e. The maximum Gasteiger partial charge on any atom is 0.251 e. The van der Waals surface area contributed by atoms with E-state index in [9.17, 15) is 4.79 Å². The van der Waals surface area contributed by atoms with Crippen LogP contribution < -0.4 is 19.7 Å². The average molecular weight is 316 g/mol. The molecule has 0 saturated carbocycles. The minimum atomic E-state index is -0.212. The molecule has 1 heterocycles. The van der Waals surface area contributed by atoms with E-state index in [4.69, 9.17) is 9.47 Å². The number of amides is 1. The molecule has 0 aliphatic rings. The topological polar surface area (TPSA) is 76.6 Å². The number of methoxy groups -OCH3 is 2. The lowest BCUT2D eigenvalue weighted by Gasteiger charge is -2.12. The number of hydrogen-bond acceptors (Lipinski definition) is 6. The van der Waals surface area contributed by atoms with Crippen LogP contribution in [0.25, 0.3) is 0 Å².